The van der Waals surface area contributed by atoms with E-state index in [0.29, 0.717) is 23.0 Å². The molecule has 1 aliphatic rings. The second-order valence-corrected chi connectivity index (χ2v) is 16.2. The normalized spacial score (nSPS) is 11.4. The first-order valence-electron chi connectivity index (χ1n) is 21.5. The Kier molecular flexibility index (Phi) is 8.84. The van der Waals surface area contributed by atoms with E-state index in [2.05, 4.69) is 140 Å². The van der Waals surface area contributed by atoms with Crippen LogP contribution in [-0.2, 0) is 0 Å². The van der Waals surface area contributed by atoms with Crippen LogP contribution in [0.1, 0.15) is 5.56 Å². The third-order valence-corrected chi connectivity index (χ3v) is 12.6. The highest BCUT2D eigenvalue weighted by molar-refractivity contribution is 6.24. The van der Waals surface area contributed by atoms with Crippen LogP contribution in [0.15, 0.2) is 218 Å². The van der Waals surface area contributed by atoms with Crippen molar-refractivity contribution in [2.45, 2.75) is 0 Å². The first-order valence-corrected chi connectivity index (χ1v) is 21.5. The van der Waals surface area contributed by atoms with Gasteiger partial charge in [-0.25, -0.2) is 15.0 Å². The summed E-state index contributed by atoms with van der Waals surface area (Å²) in [6, 6.07) is 79.0. The molecule has 0 aliphatic heterocycles. The number of nitriles is 1. The highest BCUT2D eigenvalue weighted by Gasteiger charge is 2.25. The molecule has 0 saturated heterocycles. The van der Waals surface area contributed by atoms with Crippen LogP contribution in [0.4, 0.5) is 0 Å². The van der Waals surface area contributed by atoms with E-state index >= 15 is 0 Å². The van der Waals surface area contributed by atoms with Crippen molar-refractivity contribution in [2.75, 3.05) is 0 Å². The Bertz CT molecular complexity index is 3560. The van der Waals surface area contributed by atoms with E-state index in [1.165, 1.54) is 60.5 Å². The molecule has 0 amide bonds. The third-order valence-electron chi connectivity index (χ3n) is 12.6. The fourth-order valence-electron chi connectivity index (χ4n) is 9.50. The molecular formula is C60H36N4. The second-order valence-electron chi connectivity index (χ2n) is 16.2. The number of rotatable bonds is 7. The lowest BCUT2D eigenvalue weighted by molar-refractivity contribution is 1.07. The Morgan fingerprint density at radius 2 is 0.672 bits per heavy atom. The van der Waals surface area contributed by atoms with E-state index < -0.39 is 0 Å². The Morgan fingerprint density at radius 3 is 1.27 bits per heavy atom. The maximum absolute atomic E-state index is 9.44. The van der Waals surface area contributed by atoms with Gasteiger partial charge in [0.1, 0.15) is 0 Å². The van der Waals surface area contributed by atoms with Crippen molar-refractivity contribution in [3.05, 3.63) is 224 Å². The molecule has 0 N–H and O–H groups in total. The minimum atomic E-state index is 0.631. The zero-order valence-electron chi connectivity index (χ0n) is 34.6. The molecule has 1 heterocycles. The molecule has 0 unspecified atom stereocenters. The fourth-order valence-corrected chi connectivity index (χ4v) is 9.50. The number of benzene rings is 10. The third kappa shape index (κ3) is 6.26. The number of hydrogen-bond acceptors (Lipinski definition) is 4. The monoisotopic (exact) mass is 812 g/mol. The molecule has 64 heavy (non-hydrogen) atoms. The summed E-state index contributed by atoms with van der Waals surface area (Å²) >= 11 is 0. The first-order chi connectivity index (χ1) is 31.7. The molecule has 11 aromatic rings. The first kappa shape index (κ1) is 37.0. The van der Waals surface area contributed by atoms with Crippen molar-refractivity contribution in [1.82, 2.24) is 15.0 Å². The largest absolute Gasteiger partial charge is 0.208 e. The molecule has 1 aliphatic carbocycles. The summed E-state index contributed by atoms with van der Waals surface area (Å²) in [5.74, 6) is 1.92. The van der Waals surface area contributed by atoms with Gasteiger partial charge in [-0.1, -0.05) is 200 Å². The van der Waals surface area contributed by atoms with Crippen LogP contribution in [0, 0.1) is 11.3 Å². The van der Waals surface area contributed by atoms with Crippen LogP contribution in [0.25, 0.3) is 122 Å². The van der Waals surface area contributed by atoms with Gasteiger partial charge in [0, 0.05) is 16.7 Å². The van der Waals surface area contributed by atoms with Gasteiger partial charge < -0.3 is 0 Å². The molecule has 0 saturated carbocycles. The number of aromatic nitrogens is 3. The molecule has 0 bridgehead atoms. The second kappa shape index (κ2) is 15.3. The van der Waals surface area contributed by atoms with E-state index in [1.54, 1.807) is 0 Å². The van der Waals surface area contributed by atoms with Gasteiger partial charge in [-0.05, 0) is 107 Å². The van der Waals surface area contributed by atoms with Crippen molar-refractivity contribution in [3.8, 4) is 107 Å². The summed E-state index contributed by atoms with van der Waals surface area (Å²) < 4.78 is 0. The highest BCUT2D eigenvalue weighted by atomic mass is 15.0. The summed E-state index contributed by atoms with van der Waals surface area (Å²) in [6.07, 6.45) is 0. The lowest BCUT2D eigenvalue weighted by atomic mass is 9.85. The predicted molar refractivity (Wildman–Crippen MR) is 262 cm³/mol. The van der Waals surface area contributed by atoms with Crippen molar-refractivity contribution in [3.63, 3.8) is 0 Å². The summed E-state index contributed by atoms with van der Waals surface area (Å²) in [5.41, 5.74) is 17.7. The van der Waals surface area contributed by atoms with E-state index in [1.807, 2.05) is 84.9 Å². The van der Waals surface area contributed by atoms with Crippen LogP contribution >= 0.6 is 0 Å². The number of nitrogens with zero attached hydrogens (tertiary/aromatic N) is 4. The Balaban J connectivity index is 0.990. The fraction of sp³-hybridized carbons (Fsp3) is 0. The molecule has 12 rings (SSSR count). The molecule has 0 radical (unpaired) electrons. The van der Waals surface area contributed by atoms with Gasteiger partial charge in [-0.3, -0.25) is 0 Å². The Hall–Kier alpha value is -8.78. The lowest BCUT2D eigenvalue weighted by Gasteiger charge is -2.18. The molecule has 0 spiro atoms. The van der Waals surface area contributed by atoms with Crippen molar-refractivity contribution >= 4 is 21.5 Å². The van der Waals surface area contributed by atoms with Crippen molar-refractivity contribution < 1.29 is 0 Å². The SMILES string of the molecule is N#Cc1ccc(-c2cccc(-c3ccc4c5c(ccc(-c6cccc7c(-c8ccc(-c9nc(-c%10ccccc%10)nc(-c%10ccccc%10)n9)cc8)cccc67)c35)-c3ccccc3-4)c2)cc1. The van der Waals surface area contributed by atoms with E-state index in [-0.39, 0.29) is 0 Å². The van der Waals surface area contributed by atoms with Crippen molar-refractivity contribution in [2.24, 2.45) is 0 Å². The minimum Gasteiger partial charge on any atom is -0.208 e. The van der Waals surface area contributed by atoms with Crippen LogP contribution in [0.3, 0.4) is 0 Å². The highest BCUT2D eigenvalue weighted by Crippen LogP contribution is 2.52. The summed E-state index contributed by atoms with van der Waals surface area (Å²) in [5, 5.41) is 14.3. The zero-order valence-corrected chi connectivity index (χ0v) is 34.6. The van der Waals surface area contributed by atoms with Gasteiger partial charge in [0.05, 0.1) is 11.6 Å². The minimum absolute atomic E-state index is 0.631. The lowest BCUT2D eigenvalue weighted by Crippen LogP contribution is -2.00. The smallest absolute Gasteiger partial charge is 0.164 e. The summed E-state index contributed by atoms with van der Waals surface area (Å²) in [6.45, 7) is 0. The summed E-state index contributed by atoms with van der Waals surface area (Å²) in [4.78, 5) is 14.8. The Labute approximate surface area is 371 Å². The number of fused-ring (bicyclic) bond motifs is 4. The van der Waals surface area contributed by atoms with Crippen LogP contribution < -0.4 is 0 Å². The zero-order chi connectivity index (χ0) is 42.6. The average Bonchev–Trinajstić information content (AvgIpc) is 3.71. The standard InChI is InChI=1S/C60H36N4/c61-37-38-24-26-39(27-25-38)44-16-9-17-45(36-44)47-32-33-54-50-18-7-8-19-51(50)55-35-34-53(56(47)57(54)55)52-23-11-21-48-46(20-10-22-49(48)52)40-28-30-43(31-29-40)60-63-58(41-12-3-1-4-13-41)62-59(64-60)42-14-5-2-6-15-42/h1-36H. The van der Waals surface area contributed by atoms with Gasteiger partial charge in [0.15, 0.2) is 17.5 Å². The van der Waals surface area contributed by atoms with E-state index in [0.717, 1.165) is 44.5 Å². The quantitative estimate of drug-likeness (QED) is 0.161. The van der Waals surface area contributed by atoms with Crippen LogP contribution in [-0.4, -0.2) is 15.0 Å². The van der Waals surface area contributed by atoms with Gasteiger partial charge in [0.25, 0.3) is 0 Å². The molecule has 4 nitrogen and oxygen atoms in total. The van der Waals surface area contributed by atoms with Crippen LogP contribution in [0.2, 0.25) is 0 Å². The predicted octanol–water partition coefficient (Wildman–Crippen LogP) is 15.4. The molecule has 1 aromatic heterocycles. The molecular weight excluding hydrogens is 777 g/mol. The Morgan fingerprint density at radius 1 is 0.266 bits per heavy atom. The molecule has 0 atom stereocenters. The van der Waals surface area contributed by atoms with Gasteiger partial charge in [-0.15, -0.1) is 0 Å². The molecule has 296 valence electrons. The molecule has 10 aromatic carbocycles. The van der Waals surface area contributed by atoms with Crippen molar-refractivity contribution in [1.29, 1.82) is 5.26 Å². The van der Waals surface area contributed by atoms with Gasteiger partial charge in [0.2, 0.25) is 0 Å². The maximum Gasteiger partial charge on any atom is 0.164 e. The van der Waals surface area contributed by atoms with E-state index in [4.69, 9.17) is 15.0 Å². The molecule has 4 heteroatoms. The summed E-state index contributed by atoms with van der Waals surface area (Å²) in [7, 11) is 0. The van der Waals surface area contributed by atoms with Gasteiger partial charge in [-0.2, -0.15) is 5.26 Å². The van der Waals surface area contributed by atoms with Crippen LogP contribution in [0.5, 0.6) is 0 Å². The van der Waals surface area contributed by atoms with Gasteiger partial charge >= 0.3 is 0 Å². The topological polar surface area (TPSA) is 62.5 Å². The van der Waals surface area contributed by atoms with E-state index in [9.17, 15) is 5.26 Å². The average molecular weight is 813 g/mol. The maximum atomic E-state index is 9.44. The molecule has 0 fully saturated rings. The number of hydrogen-bond donors (Lipinski definition) is 0.